The van der Waals surface area contributed by atoms with Crippen LogP contribution in [-0.4, -0.2) is 34.6 Å². The van der Waals surface area contributed by atoms with Crippen molar-refractivity contribution in [3.8, 4) is 0 Å². The molecule has 4 nitrogen and oxygen atoms in total. The van der Waals surface area contributed by atoms with Gasteiger partial charge in [-0.2, -0.15) is 5.10 Å². The third kappa shape index (κ3) is 1.96. The molecule has 0 bridgehead atoms. The van der Waals surface area contributed by atoms with Crippen LogP contribution >= 0.6 is 0 Å². The van der Waals surface area contributed by atoms with E-state index < -0.39 is 0 Å². The van der Waals surface area contributed by atoms with E-state index in [0.717, 1.165) is 13.1 Å². The summed E-state index contributed by atoms with van der Waals surface area (Å²) >= 11 is 0. The standard InChI is InChI=1S/C10H17N3O/c14-7-6-13-10(3-5-12-13)9-2-1-4-11-8-9/h3,5,9,11,14H,1-2,4,6-8H2/t9-/m1/s1. The van der Waals surface area contributed by atoms with Crippen LogP contribution in [0.5, 0.6) is 0 Å². The quantitative estimate of drug-likeness (QED) is 0.731. The molecule has 0 aromatic carbocycles. The Morgan fingerprint density at radius 3 is 3.29 bits per heavy atom. The van der Waals surface area contributed by atoms with Gasteiger partial charge in [-0.05, 0) is 25.5 Å². The maximum Gasteiger partial charge on any atom is 0.0644 e. The second kappa shape index (κ2) is 4.57. The maximum absolute atomic E-state index is 8.88. The van der Waals surface area contributed by atoms with Crippen LogP contribution in [0.25, 0.3) is 0 Å². The summed E-state index contributed by atoms with van der Waals surface area (Å²) in [6.07, 6.45) is 4.28. The molecule has 1 aromatic heterocycles. The third-order valence-electron chi connectivity index (χ3n) is 2.78. The predicted octanol–water partition coefficient (Wildman–Crippen LogP) is 0.342. The number of rotatable bonds is 3. The predicted molar refractivity (Wildman–Crippen MR) is 54.2 cm³/mol. The summed E-state index contributed by atoms with van der Waals surface area (Å²) in [4.78, 5) is 0. The van der Waals surface area contributed by atoms with Crippen molar-refractivity contribution >= 4 is 0 Å². The minimum atomic E-state index is 0.162. The van der Waals surface area contributed by atoms with Gasteiger partial charge in [0.15, 0.2) is 0 Å². The van der Waals surface area contributed by atoms with Crippen molar-refractivity contribution in [2.45, 2.75) is 25.3 Å². The molecule has 0 radical (unpaired) electrons. The summed E-state index contributed by atoms with van der Waals surface area (Å²) in [6, 6.07) is 2.06. The monoisotopic (exact) mass is 195 g/mol. The Kier molecular flexibility index (Phi) is 3.16. The number of nitrogens with one attached hydrogen (secondary N) is 1. The number of aliphatic hydroxyl groups is 1. The first-order valence-electron chi connectivity index (χ1n) is 5.25. The summed E-state index contributed by atoms with van der Waals surface area (Å²) < 4.78 is 1.91. The Morgan fingerprint density at radius 1 is 1.64 bits per heavy atom. The van der Waals surface area contributed by atoms with E-state index in [-0.39, 0.29) is 6.61 Å². The third-order valence-corrected chi connectivity index (χ3v) is 2.78. The van der Waals surface area contributed by atoms with E-state index in [1.165, 1.54) is 18.5 Å². The zero-order valence-corrected chi connectivity index (χ0v) is 8.32. The molecule has 0 amide bonds. The fourth-order valence-electron chi connectivity index (χ4n) is 2.08. The van der Waals surface area contributed by atoms with Gasteiger partial charge in [0, 0.05) is 24.4 Å². The van der Waals surface area contributed by atoms with Gasteiger partial charge in [0.1, 0.15) is 0 Å². The molecular formula is C10H17N3O. The molecule has 2 heterocycles. The maximum atomic E-state index is 8.88. The lowest BCUT2D eigenvalue weighted by Crippen LogP contribution is -2.29. The second-order valence-corrected chi connectivity index (χ2v) is 3.75. The summed E-state index contributed by atoms with van der Waals surface area (Å²) in [6.45, 7) is 2.94. The lowest BCUT2D eigenvalue weighted by molar-refractivity contribution is 0.264. The number of aliphatic hydroxyl groups excluding tert-OH is 1. The van der Waals surface area contributed by atoms with Gasteiger partial charge in [-0.1, -0.05) is 0 Å². The second-order valence-electron chi connectivity index (χ2n) is 3.75. The normalized spacial score (nSPS) is 22.5. The van der Waals surface area contributed by atoms with Crippen LogP contribution in [-0.2, 0) is 6.54 Å². The van der Waals surface area contributed by atoms with E-state index in [2.05, 4.69) is 16.5 Å². The molecule has 1 atom stereocenters. The number of hydrogen-bond donors (Lipinski definition) is 2. The van der Waals surface area contributed by atoms with Gasteiger partial charge in [-0.3, -0.25) is 4.68 Å². The van der Waals surface area contributed by atoms with Crippen molar-refractivity contribution in [1.82, 2.24) is 15.1 Å². The molecule has 2 N–H and O–H groups in total. The summed E-state index contributed by atoms with van der Waals surface area (Å²) in [7, 11) is 0. The van der Waals surface area contributed by atoms with E-state index >= 15 is 0 Å². The Labute approximate surface area is 83.9 Å². The van der Waals surface area contributed by atoms with Crippen molar-refractivity contribution in [1.29, 1.82) is 0 Å². The van der Waals surface area contributed by atoms with E-state index in [1.807, 2.05) is 10.9 Å². The molecule has 2 rings (SSSR count). The fraction of sp³-hybridized carbons (Fsp3) is 0.700. The first kappa shape index (κ1) is 9.68. The topological polar surface area (TPSA) is 50.1 Å². The van der Waals surface area contributed by atoms with Crippen molar-refractivity contribution in [2.75, 3.05) is 19.7 Å². The van der Waals surface area contributed by atoms with Gasteiger partial charge in [0.2, 0.25) is 0 Å². The molecule has 1 aromatic rings. The number of aromatic nitrogens is 2. The molecular weight excluding hydrogens is 178 g/mol. The zero-order valence-electron chi connectivity index (χ0n) is 8.32. The highest BCUT2D eigenvalue weighted by molar-refractivity contribution is 5.09. The van der Waals surface area contributed by atoms with Crippen LogP contribution in [0.4, 0.5) is 0 Å². The minimum Gasteiger partial charge on any atom is -0.394 e. The number of nitrogens with zero attached hydrogens (tertiary/aromatic N) is 2. The van der Waals surface area contributed by atoms with E-state index in [9.17, 15) is 0 Å². The first-order chi connectivity index (χ1) is 6.92. The van der Waals surface area contributed by atoms with Crippen molar-refractivity contribution in [3.05, 3.63) is 18.0 Å². The first-order valence-corrected chi connectivity index (χ1v) is 5.25. The van der Waals surface area contributed by atoms with Crippen LogP contribution in [0.1, 0.15) is 24.5 Å². The Balaban J connectivity index is 2.09. The average Bonchev–Trinajstić information content (AvgIpc) is 2.68. The van der Waals surface area contributed by atoms with Gasteiger partial charge >= 0.3 is 0 Å². The largest absolute Gasteiger partial charge is 0.394 e. The molecule has 0 unspecified atom stereocenters. The Bertz CT molecular complexity index is 279. The highest BCUT2D eigenvalue weighted by atomic mass is 16.3. The molecule has 0 aliphatic carbocycles. The van der Waals surface area contributed by atoms with Crippen molar-refractivity contribution in [2.24, 2.45) is 0 Å². The Morgan fingerprint density at radius 2 is 2.57 bits per heavy atom. The lowest BCUT2D eigenvalue weighted by atomic mass is 9.96. The molecule has 0 saturated carbocycles. The molecule has 1 aliphatic rings. The molecule has 78 valence electrons. The van der Waals surface area contributed by atoms with Gasteiger partial charge in [0.25, 0.3) is 0 Å². The Hall–Kier alpha value is -0.870. The number of hydrogen-bond acceptors (Lipinski definition) is 3. The van der Waals surface area contributed by atoms with E-state index in [1.54, 1.807) is 0 Å². The number of piperidine rings is 1. The minimum absolute atomic E-state index is 0.162. The fourth-order valence-corrected chi connectivity index (χ4v) is 2.08. The summed E-state index contributed by atoms with van der Waals surface area (Å²) in [5.74, 6) is 0.567. The molecule has 1 fully saturated rings. The smallest absolute Gasteiger partial charge is 0.0644 e. The highest BCUT2D eigenvalue weighted by Crippen LogP contribution is 2.22. The lowest BCUT2D eigenvalue weighted by Gasteiger charge is -2.23. The van der Waals surface area contributed by atoms with Crippen LogP contribution in [0, 0.1) is 0 Å². The molecule has 1 saturated heterocycles. The molecule has 4 heteroatoms. The molecule has 1 aliphatic heterocycles. The van der Waals surface area contributed by atoms with Gasteiger partial charge < -0.3 is 10.4 Å². The van der Waals surface area contributed by atoms with Gasteiger partial charge in [0.05, 0.1) is 13.2 Å². The van der Waals surface area contributed by atoms with Gasteiger partial charge in [-0.15, -0.1) is 0 Å². The van der Waals surface area contributed by atoms with Crippen LogP contribution in [0.3, 0.4) is 0 Å². The van der Waals surface area contributed by atoms with Crippen LogP contribution in [0.15, 0.2) is 12.3 Å². The average molecular weight is 195 g/mol. The molecule has 14 heavy (non-hydrogen) atoms. The van der Waals surface area contributed by atoms with Crippen LogP contribution < -0.4 is 5.32 Å². The van der Waals surface area contributed by atoms with Crippen molar-refractivity contribution in [3.63, 3.8) is 0 Å². The van der Waals surface area contributed by atoms with Gasteiger partial charge in [-0.25, -0.2) is 0 Å². The molecule has 0 spiro atoms. The van der Waals surface area contributed by atoms with E-state index in [4.69, 9.17) is 5.11 Å². The van der Waals surface area contributed by atoms with E-state index in [0.29, 0.717) is 12.5 Å². The SMILES string of the molecule is OCCn1nccc1[C@@H]1CCCNC1. The highest BCUT2D eigenvalue weighted by Gasteiger charge is 2.18. The summed E-state index contributed by atoms with van der Waals surface area (Å²) in [5, 5.41) is 16.5. The van der Waals surface area contributed by atoms with Crippen molar-refractivity contribution < 1.29 is 5.11 Å². The van der Waals surface area contributed by atoms with Crippen LogP contribution in [0.2, 0.25) is 0 Å². The zero-order chi connectivity index (χ0) is 9.80. The summed E-state index contributed by atoms with van der Waals surface area (Å²) in [5.41, 5.74) is 1.26.